The summed E-state index contributed by atoms with van der Waals surface area (Å²) < 4.78 is 44.1. The minimum atomic E-state index is -4.36. The lowest BCUT2D eigenvalue weighted by atomic mass is 10.1. The molecule has 2 N–H and O–H groups in total. The average molecular weight is 409 g/mol. The first-order valence-electron chi connectivity index (χ1n) is 9.26. The summed E-state index contributed by atoms with van der Waals surface area (Å²) in [6, 6.07) is 22.0. The van der Waals surface area contributed by atoms with Crippen LogP contribution in [-0.4, -0.2) is 10.2 Å². The Morgan fingerprint density at radius 2 is 1.50 bits per heavy atom. The fourth-order valence-electron chi connectivity index (χ4n) is 2.98. The van der Waals surface area contributed by atoms with Crippen molar-refractivity contribution in [1.29, 1.82) is 0 Å². The summed E-state index contributed by atoms with van der Waals surface area (Å²) in [6.07, 6.45) is -2.63. The molecule has 4 nitrogen and oxygen atoms in total. The third-order valence-corrected chi connectivity index (χ3v) is 4.52. The normalized spacial score (nSPS) is 11.3. The van der Waals surface area contributed by atoms with Crippen LogP contribution in [-0.2, 0) is 12.7 Å². The molecule has 0 spiro atoms. The summed E-state index contributed by atoms with van der Waals surface area (Å²) in [6.45, 7) is 0.464. The molecule has 0 bridgehead atoms. The van der Waals surface area contributed by atoms with Crippen molar-refractivity contribution >= 4 is 5.69 Å². The van der Waals surface area contributed by atoms with Crippen molar-refractivity contribution < 1.29 is 17.9 Å². The number of halogens is 3. The minimum Gasteiger partial charge on any atom is -0.457 e. The van der Waals surface area contributed by atoms with Gasteiger partial charge in [-0.3, -0.25) is 5.10 Å². The van der Waals surface area contributed by atoms with E-state index in [9.17, 15) is 13.2 Å². The van der Waals surface area contributed by atoms with Crippen molar-refractivity contribution in [2.24, 2.45) is 0 Å². The Kier molecular flexibility index (Phi) is 5.43. The van der Waals surface area contributed by atoms with Gasteiger partial charge in [0.1, 0.15) is 11.5 Å². The highest BCUT2D eigenvalue weighted by Crippen LogP contribution is 2.31. The van der Waals surface area contributed by atoms with Gasteiger partial charge in [-0.25, -0.2) is 0 Å². The van der Waals surface area contributed by atoms with Crippen LogP contribution in [0.2, 0.25) is 0 Å². The first-order valence-corrected chi connectivity index (χ1v) is 9.26. The second kappa shape index (κ2) is 8.32. The maximum absolute atomic E-state index is 12.8. The lowest BCUT2D eigenvalue weighted by Gasteiger charge is -2.10. The Hall–Kier alpha value is -3.74. The third kappa shape index (κ3) is 4.63. The lowest BCUT2D eigenvalue weighted by molar-refractivity contribution is -0.137. The number of rotatable bonds is 6. The number of benzene rings is 3. The summed E-state index contributed by atoms with van der Waals surface area (Å²) in [5, 5.41) is 10.3. The number of alkyl halides is 3. The van der Waals surface area contributed by atoms with Gasteiger partial charge in [0.05, 0.1) is 11.3 Å². The largest absolute Gasteiger partial charge is 0.457 e. The standard InChI is InChI=1S/C23H18F3N3O/c24-23(25,26)18-8-6-16(7-9-18)22-17(15-28-29-22)14-27-19-10-12-21(13-11-19)30-20-4-2-1-3-5-20/h1-13,15,27H,14H2,(H,28,29). The second-order valence-electron chi connectivity index (χ2n) is 6.63. The summed E-state index contributed by atoms with van der Waals surface area (Å²) >= 11 is 0. The number of hydrogen-bond acceptors (Lipinski definition) is 3. The molecule has 0 fully saturated rings. The second-order valence-corrected chi connectivity index (χ2v) is 6.63. The highest BCUT2D eigenvalue weighted by molar-refractivity contribution is 5.63. The number of ether oxygens (including phenoxy) is 1. The quantitative estimate of drug-likeness (QED) is 0.382. The number of aromatic amines is 1. The van der Waals surface area contributed by atoms with Gasteiger partial charge in [-0.15, -0.1) is 0 Å². The number of nitrogens with one attached hydrogen (secondary N) is 2. The SMILES string of the molecule is FC(F)(F)c1ccc(-c2n[nH]cc2CNc2ccc(Oc3ccccc3)cc2)cc1. The van der Waals surface area contributed by atoms with Gasteiger partial charge in [-0.2, -0.15) is 18.3 Å². The monoisotopic (exact) mass is 409 g/mol. The van der Waals surface area contributed by atoms with Crippen molar-refractivity contribution in [3.05, 3.63) is 96.2 Å². The Bertz CT molecular complexity index is 1090. The van der Waals surface area contributed by atoms with Crippen LogP contribution in [0.4, 0.5) is 18.9 Å². The van der Waals surface area contributed by atoms with E-state index >= 15 is 0 Å². The van der Waals surface area contributed by atoms with E-state index in [4.69, 9.17) is 4.74 Å². The number of anilines is 1. The van der Waals surface area contributed by atoms with E-state index in [1.807, 2.05) is 54.6 Å². The van der Waals surface area contributed by atoms with Crippen LogP contribution in [0.15, 0.2) is 85.1 Å². The molecule has 0 aliphatic heterocycles. The van der Waals surface area contributed by atoms with Crippen LogP contribution in [0, 0.1) is 0 Å². The summed E-state index contributed by atoms with van der Waals surface area (Å²) in [7, 11) is 0. The van der Waals surface area contributed by atoms with E-state index in [2.05, 4.69) is 15.5 Å². The molecule has 0 unspecified atom stereocenters. The first kappa shape index (κ1) is 19.6. The highest BCUT2D eigenvalue weighted by atomic mass is 19.4. The Morgan fingerprint density at radius 1 is 0.833 bits per heavy atom. The fraction of sp³-hybridized carbons (Fsp3) is 0.0870. The predicted molar refractivity (Wildman–Crippen MR) is 109 cm³/mol. The van der Waals surface area contributed by atoms with Crippen molar-refractivity contribution in [1.82, 2.24) is 10.2 Å². The number of hydrogen-bond donors (Lipinski definition) is 2. The highest BCUT2D eigenvalue weighted by Gasteiger charge is 2.30. The number of para-hydroxylation sites is 1. The summed E-state index contributed by atoms with van der Waals surface area (Å²) in [4.78, 5) is 0. The number of aromatic nitrogens is 2. The molecule has 152 valence electrons. The zero-order chi connectivity index (χ0) is 21.0. The average Bonchev–Trinajstić information content (AvgIpc) is 3.22. The Labute approximate surface area is 171 Å². The van der Waals surface area contributed by atoms with Gasteiger partial charge in [-0.05, 0) is 48.5 Å². The maximum Gasteiger partial charge on any atom is 0.416 e. The minimum absolute atomic E-state index is 0.464. The van der Waals surface area contributed by atoms with Gasteiger partial charge in [0.25, 0.3) is 0 Å². The predicted octanol–water partition coefficient (Wildman–Crippen LogP) is 6.50. The lowest BCUT2D eigenvalue weighted by Crippen LogP contribution is -2.04. The molecular formula is C23H18F3N3O. The van der Waals surface area contributed by atoms with Crippen molar-refractivity contribution in [2.75, 3.05) is 5.32 Å². The Morgan fingerprint density at radius 3 is 2.17 bits per heavy atom. The molecule has 0 radical (unpaired) electrons. The van der Waals surface area contributed by atoms with Crippen LogP contribution in [0.3, 0.4) is 0 Å². The molecule has 4 rings (SSSR count). The van der Waals surface area contributed by atoms with E-state index in [1.165, 1.54) is 12.1 Å². The molecule has 7 heteroatoms. The smallest absolute Gasteiger partial charge is 0.416 e. The van der Waals surface area contributed by atoms with E-state index in [1.54, 1.807) is 6.20 Å². The molecule has 0 atom stereocenters. The molecule has 1 aromatic heterocycles. The number of H-pyrrole nitrogens is 1. The Balaban J connectivity index is 1.41. The maximum atomic E-state index is 12.8. The van der Waals surface area contributed by atoms with Gasteiger partial charge < -0.3 is 10.1 Å². The topological polar surface area (TPSA) is 49.9 Å². The molecule has 3 aromatic carbocycles. The zero-order valence-electron chi connectivity index (χ0n) is 15.8. The number of nitrogens with zero attached hydrogens (tertiary/aromatic N) is 1. The van der Waals surface area contributed by atoms with Gasteiger partial charge >= 0.3 is 6.18 Å². The summed E-state index contributed by atoms with van der Waals surface area (Å²) in [5.41, 5.74) is 2.28. The third-order valence-electron chi connectivity index (χ3n) is 4.52. The molecular weight excluding hydrogens is 391 g/mol. The molecule has 4 aromatic rings. The molecule has 0 amide bonds. The van der Waals surface area contributed by atoms with Crippen LogP contribution in [0.25, 0.3) is 11.3 Å². The van der Waals surface area contributed by atoms with Crippen molar-refractivity contribution in [3.63, 3.8) is 0 Å². The van der Waals surface area contributed by atoms with E-state index in [0.717, 1.165) is 34.9 Å². The van der Waals surface area contributed by atoms with Crippen LogP contribution >= 0.6 is 0 Å². The van der Waals surface area contributed by atoms with E-state index in [-0.39, 0.29) is 0 Å². The molecule has 0 aliphatic rings. The summed E-state index contributed by atoms with van der Waals surface area (Å²) in [5.74, 6) is 1.48. The molecule has 30 heavy (non-hydrogen) atoms. The van der Waals surface area contributed by atoms with Gasteiger partial charge in [-0.1, -0.05) is 30.3 Å². The van der Waals surface area contributed by atoms with Crippen LogP contribution in [0.5, 0.6) is 11.5 Å². The van der Waals surface area contributed by atoms with Gasteiger partial charge in [0.2, 0.25) is 0 Å². The van der Waals surface area contributed by atoms with Crippen LogP contribution in [0.1, 0.15) is 11.1 Å². The van der Waals surface area contributed by atoms with E-state index in [0.29, 0.717) is 17.8 Å². The van der Waals surface area contributed by atoms with E-state index < -0.39 is 11.7 Å². The van der Waals surface area contributed by atoms with Gasteiger partial charge in [0.15, 0.2) is 0 Å². The first-order chi connectivity index (χ1) is 14.5. The van der Waals surface area contributed by atoms with Crippen LogP contribution < -0.4 is 10.1 Å². The molecule has 0 aliphatic carbocycles. The van der Waals surface area contributed by atoms with Crippen molar-refractivity contribution in [3.8, 4) is 22.8 Å². The zero-order valence-corrected chi connectivity index (χ0v) is 15.8. The fourth-order valence-corrected chi connectivity index (χ4v) is 2.98. The van der Waals surface area contributed by atoms with Crippen molar-refractivity contribution in [2.45, 2.75) is 12.7 Å². The molecule has 0 saturated heterocycles. The van der Waals surface area contributed by atoms with Gasteiger partial charge in [0, 0.05) is 29.6 Å². The molecule has 1 heterocycles. The molecule has 0 saturated carbocycles.